The van der Waals surface area contributed by atoms with Crippen LogP contribution in [0.15, 0.2) is 59.6 Å². The molecule has 128 valence electrons. The van der Waals surface area contributed by atoms with E-state index in [1.807, 2.05) is 35.4 Å². The Morgan fingerprint density at radius 1 is 1.28 bits per heavy atom. The summed E-state index contributed by atoms with van der Waals surface area (Å²) in [4.78, 5) is 19.3. The van der Waals surface area contributed by atoms with Crippen LogP contribution in [0.1, 0.15) is 42.1 Å². The maximum absolute atomic E-state index is 13.1. The average molecular weight is 336 g/mol. The molecule has 1 aliphatic rings. The van der Waals surface area contributed by atoms with Crippen molar-refractivity contribution >= 4 is 5.91 Å². The molecule has 0 unspecified atom stereocenters. The van der Waals surface area contributed by atoms with Crippen LogP contribution in [-0.4, -0.2) is 32.1 Å². The van der Waals surface area contributed by atoms with Gasteiger partial charge in [-0.3, -0.25) is 9.78 Å². The van der Waals surface area contributed by atoms with Crippen molar-refractivity contribution in [1.82, 2.24) is 19.7 Å². The van der Waals surface area contributed by atoms with Crippen LogP contribution in [0.2, 0.25) is 0 Å². The van der Waals surface area contributed by atoms with E-state index in [4.69, 9.17) is 4.42 Å². The quantitative estimate of drug-likeness (QED) is 0.734. The van der Waals surface area contributed by atoms with Crippen molar-refractivity contribution in [1.29, 1.82) is 0 Å². The highest BCUT2D eigenvalue weighted by Gasteiger charge is 2.33. The Bertz CT molecular complexity index is 842. The van der Waals surface area contributed by atoms with Crippen LogP contribution in [0.3, 0.4) is 0 Å². The zero-order chi connectivity index (χ0) is 17.2. The molecule has 0 spiro atoms. The number of carbonyl (C=O) groups excluding carboxylic acids is 1. The first-order valence-corrected chi connectivity index (χ1v) is 8.53. The fourth-order valence-corrected chi connectivity index (χ4v) is 3.38. The third-order valence-corrected chi connectivity index (χ3v) is 4.73. The number of amides is 1. The summed E-state index contributed by atoms with van der Waals surface area (Å²) < 4.78 is 7.31. The smallest absolute Gasteiger partial charge is 0.273 e. The predicted molar refractivity (Wildman–Crippen MR) is 92.2 cm³/mol. The fraction of sp³-hybridized carbons (Fsp3) is 0.316. The number of nitrogens with zero attached hydrogens (tertiary/aromatic N) is 4. The standard InChI is InChI=1S/C19H20N4O2/c1-14-6-10-22(17(12-14)18-4-2-11-25-18)19(24)16-13-15(5-8-20-16)23-9-3-7-21-23/h2-5,7-9,11,13-14,17H,6,10,12H2,1H3/t14-,17+/m0/s1. The van der Waals surface area contributed by atoms with Gasteiger partial charge >= 0.3 is 0 Å². The van der Waals surface area contributed by atoms with E-state index in [9.17, 15) is 4.79 Å². The van der Waals surface area contributed by atoms with Crippen molar-refractivity contribution in [3.8, 4) is 5.69 Å². The second-order valence-corrected chi connectivity index (χ2v) is 6.51. The number of carbonyl (C=O) groups is 1. The molecule has 0 radical (unpaired) electrons. The van der Waals surface area contributed by atoms with E-state index in [-0.39, 0.29) is 11.9 Å². The molecule has 0 bridgehead atoms. The van der Waals surface area contributed by atoms with Gasteiger partial charge in [0.1, 0.15) is 11.5 Å². The average Bonchev–Trinajstić information content (AvgIpc) is 3.35. The van der Waals surface area contributed by atoms with Crippen LogP contribution in [0, 0.1) is 5.92 Å². The van der Waals surface area contributed by atoms with E-state index in [1.165, 1.54) is 0 Å². The van der Waals surface area contributed by atoms with Gasteiger partial charge in [0.05, 0.1) is 18.0 Å². The molecule has 1 fully saturated rings. The van der Waals surface area contributed by atoms with Crippen molar-refractivity contribution in [2.45, 2.75) is 25.8 Å². The lowest BCUT2D eigenvalue weighted by molar-refractivity contribution is 0.0515. The van der Waals surface area contributed by atoms with E-state index in [1.54, 1.807) is 29.4 Å². The number of likely N-dealkylation sites (tertiary alicyclic amines) is 1. The molecule has 1 amide bonds. The molecule has 0 aromatic carbocycles. The van der Waals surface area contributed by atoms with E-state index in [0.717, 1.165) is 24.3 Å². The predicted octanol–water partition coefficient (Wildman–Crippen LogP) is 3.47. The minimum atomic E-state index is -0.0673. The number of hydrogen-bond donors (Lipinski definition) is 0. The monoisotopic (exact) mass is 336 g/mol. The maximum atomic E-state index is 13.1. The minimum absolute atomic E-state index is 0.0404. The van der Waals surface area contributed by atoms with E-state index >= 15 is 0 Å². The van der Waals surface area contributed by atoms with Crippen molar-refractivity contribution in [2.75, 3.05) is 6.54 Å². The van der Waals surface area contributed by atoms with Crippen LogP contribution >= 0.6 is 0 Å². The van der Waals surface area contributed by atoms with Crippen molar-refractivity contribution in [3.63, 3.8) is 0 Å². The van der Waals surface area contributed by atoms with Gasteiger partial charge < -0.3 is 9.32 Å². The number of rotatable bonds is 3. The first kappa shape index (κ1) is 15.6. The normalized spacial score (nSPS) is 20.6. The lowest BCUT2D eigenvalue weighted by atomic mass is 9.91. The molecule has 3 aromatic heterocycles. The van der Waals surface area contributed by atoms with Gasteiger partial charge in [-0.1, -0.05) is 6.92 Å². The summed E-state index contributed by atoms with van der Waals surface area (Å²) in [5.41, 5.74) is 1.25. The molecule has 0 aliphatic carbocycles. The van der Waals surface area contributed by atoms with Gasteiger partial charge in [-0.15, -0.1) is 0 Å². The molecular weight excluding hydrogens is 316 g/mol. The number of hydrogen-bond acceptors (Lipinski definition) is 4. The molecule has 4 rings (SSSR count). The Morgan fingerprint density at radius 3 is 2.96 bits per heavy atom. The van der Waals surface area contributed by atoms with Gasteiger partial charge in [-0.2, -0.15) is 5.10 Å². The van der Waals surface area contributed by atoms with Crippen LogP contribution in [0.4, 0.5) is 0 Å². The molecule has 4 heterocycles. The molecule has 25 heavy (non-hydrogen) atoms. The lowest BCUT2D eigenvalue weighted by Gasteiger charge is -2.37. The number of furan rings is 1. The molecule has 1 saturated heterocycles. The molecule has 6 nitrogen and oxygen atoms in total. The van der Waals surface area contributed by atoms with Gasteiger partial charge in [-0.25, -0.2) is 4.68 Å². The van der Waals surface area contributed by atoms with Crippen LogP contribution in [0.5, 0.6) is 0 Å². The largest absolute Gasteiger partial charge is 0.467 e. The van der Waals surface area contributed by atoms with E-state index < -0.39 is 0 Å². The van der Waals surface area contributed by atoms with Crippen LogP contribution < -0.4 is 0 Å². The van der Waals surface area contributed by atoms with Crippen molar-refractivity contribution in [3.05, 3.63) is 66.6 Å². The zero-order valence-electron chi connectivity index (χ0n) is 14.1. The fourth-order valence-electron chi connectivity index (χ4n) is 3.38. The summed E-state index contributed by atoms with van der Waals surface area (Å²) in [7, 11) is 0. The molecule has 6 heteroatoms. The van der Waals surface area contributed by atoms with Crippen LogP contribution in [-0.2, 0) is 0 Å². The summed E-state index contributed by atoms with van der Waals surface area (Å²) in [5, 5.41) is 4.21. The molecule has 1 aliphatic heterocycles. The summed E-state index contributed by atoms with van der Waals surface area (Å²) in [5.74, 6) is 1.33. The van der Waals surface area contributed by atoms with Gasteiger partial charge in [0.2, 0.25) is 0 Å². The van der Waals surface area contributed by atoms with Gasteiger partial charge in [0.15, 0.2) is 0 Å². The molecule has 2 atom stereocenters. The van der Waals surface area contributed by atoms with Crippen LogP contribution in [0.25, 0.3) is 5.69 Å². The molecule has 0 saturated carbocycles. The second-order valence-electron chi connectivity index (χ2n) is 6.51. The zero-order valence-corrected chi connectivity index (χ0v) is 14.1. The highest BCUT2D eigenvalue weighted by Crippen LogP contribution is 2.35. The van der Waals surface area contributed by atoms with Gasteiger partial charge in [0.25, 0.3) is 5.91 Å². The highest BCUT2D eigenvalue weighted by atomic mass is 16.3. The number of piperidine rings is 1. The highest BCUT2D eigenvalue weighted by molar-refractivity contribution is 5.93. The second kappa shape index (κ2) is 6.55. The van der Waals surface area contributed by atoms with Gasteiger partial charge in [0, 0.05) is 25.1 Å². The summed E-state index contributed by atoms with van der Waals surface area (Å²) >= 11 is 0. The molecule has 3 aromatic rings. The summed E-state index contributed by atoms with van der Waals surface area (Å²) in [6.07, 6.45) is 8.76. The molecule has 0 N–H and O–H groups in total. The Balaban J connectivity index is 1.64. The summed E-state index contributed by atoms with van der Waals surface area (Å²) in [6.45, 7) is 2.92. The lowest BCUT2D eigenvalue weighted by Crippen LogP contribution is -2.40. The van der Waals surface area contributed by atoms with Gasteiger partial charge in [-0.05, 0) is 49.1 Å². The minimum Gasteiger partial charge on any atom is -0.467 e. The van der Waals surface area contributed by atoms with E-state index in [2.05, 4.69) is 17.0 Å². The Kier molecular flexibility index (Phi) is 4.09. The Hall–Kier alpha value is -2.89. The number of aromatic nitrogens is 3. The Labute approximate surface area is 146 Å². The maximum Gasteiger partial charge on any atom is 0.273 e. The van der Waals surface area contributed by atoms with E-state index in [0.29, 0.717) is 18.2 Å². The first-order chi connectivity index (χ1) is 12.2. The molecular formula is C19H20N4O2. The third kappa shape index (κ3) is 3.07. The topological polar surface area (TPSA) is 64.2 Å². The summed E-state index contributed by atoms with van der Waals surface area (Å²) in [6, 6.07) is 9.24. The SMILES string of the molecule is C[C@H]1CCN(C(=O)c2cc(-n3cccn3)ccn2)[C@@H](c2ccco2)C1. The number of pyridine rings is 1. The Morgan fingerprint density at radius 2 is 2.20 bits per heavy atom. The third-order valence-electron chi connectivity index (χ3n) is 4.73. The van der Waals surface area contributed by atoms with Crippen molar-refractivity contribution in [2.24, 2.45) is 5.92 Å². The first-order valence-electron chi connectivity index (χ1n) is 8.53. The van der Waals surface area contributed by atoms with Crippen molar-refractivity contribution < 1.29 is 9.21 Å².